The number of amides is 1. The molecule has 0 aliphatic heterocycles. The van der Waals surface area contributed by atoms with Gasteiger partial charge in [0.1, 0.15) is 0 Å². The summed E-state index contributed by atoms with van der Waals surface area (Å²) < 4.78 is 3.91. The Bertz CT molecular complexity index is 470. The van der Waals surface area contributed by atoms with Gasteiger partial charge in [-0.25, -0.2) is 4.37 Å². The summed E-state index contributed by atoms with van der Waals surface area (Å²) in [7, 11) is 0. The van der Waals surface area contributed by atoms with Crippen molar-refractivity contribution in [3.63, 3.8) is 0 Å². The summed E-state index contributed by atoms with van der Waals surface area (Å²) in [5.41, 5.74) is 1.73. The average molecular weight is 247 g/mol. The summed E-state index contributed by atoms with van der Waals surface area (Å²) in [5.74, 6) is -0.0739. The van der Waals surface area contributed by atoms with Crippen molar-refractivity contribution in [2.45, 2.75) is 19.4 Å². The molecule has 0 fully saturated rings. The van der Waals surface area contributed by atoms with Gasteiger partial charge in [-0.1, -0.05) is 6.07 Å². The Hall–Kier alpha value is -1.75. The molecule has 0 aliphatic rings. The lowest BCUT2D eigenvalue weighted by Crippen LogP contribution is -2.33. The van der Waals surface area contributed by atoms with Crippen LogP contribution in [-0.2, 0) is 6.42 Å². The molecule has 5 heteroatoms. The summed E-state index contributed by atoms with van der Waals surface area (Å²) >= 11 is 1.28. The highest BCUT2D eigenvalue weighted by Crippen LogP contribution is 2.04. The second-order valence-corrected chi connectivity index (χ2v) is 4.51. The molecule has 2 heterocycles. The van der Waals surface area contributed by atoms with Gasteiger partial charge in [0.05, 0.1) is 11.8 Å². The van der Waals surface area contributed by atoms with Gasteiger partial charge in [-0.3, -0.25) is 9.78 Å². The van der Waals surface area contributed by atoms with Gasteiger partial charge in [0, 0.05) is 23.8 Å². The minimum atomic E-state index is -0.0739. The number of pyridine rings is 1. The van der Waals surface area contributed by atoms with Crippen molar-refractivity contribution in [3.8, 4) is 0 Å². The Balaban J connectivity index is 1.90. The Kier molecular flexibility index (Phi) is 3.82. The van der Waals surface area contributed by atoms with E-state index in [1.54, 1.807) is 17.8 Å². The van der Waals surface area contributed by atoms with Crippen molar-refractivity contribution >= 4 is 17.4 Å². The number of nitrogens with zero attached hydrogens (tertiary/aromatic N) is 2. The molecular weight excluding hydrogens is 234 g/mol. The number of nitrogens with one attached hydrogen (secondary N) is 1. The fourth-order valence-electron chi connectivity index (χ4n) is 1.55. The third-order valence-corrected chi connectivity index (χ3v) is 2.92. The predicted octanol–water partition coefficient (Wildman–Crippen LogP) is 1.90. The first-order valence-electron chi connectivity index (χ1n) is 5.35. The highest BCUT2D eigenvalue weighted by molar-refractivity contribution is 7.03. The summed E-state index contributed by atoms with van der Waals surface area (Å²) in [4.78, 5) is 15.8. The quantitative estimate of drug-likeness (QED) is 0.897. The van der Waals surface area contributed by atoms with E-state index < -0.39 is 0 Å². The zero-order chi connectivity index (χ0) is 12.1. The molecule has 0 saturated carbocycles. The second kappa shape index (κ2) is 5.54. The van der Waals surface area contributed by atoms with E-state index >= 15 is 0 Å². The van der Waals surface area contributed by atoms with Crippen LogP contribution >= 0.6 is 11.5 Å². The largest absolute Gasteiger partial charge is 0.349 e. The van der Waals surface area contributed by atoms with E-state index in [1.165, 1.54) is 11.5 Å². The molecule has 0 bridgehead atoms. The zero-order valence-electron chi connectivity index (χ0n) is 9.46. The molecule has 0 aliphatic carbocycles. The van der Waals surface area contributed by atoms with E-state index in [9.17, 15) is 4.79 Å². The van der Waals surface area contributed by atoms with Gasteiger partial charge >= 0.3 is 0 Å². The van der Waals surface area contributed by atoms with Crippen LogP contribution in [0, 0.1) is 0 Å². The third-order valence-electron chi connectivity index (χ3n) is 2.34. The van der Waals surface area contributed by atoms with E-state index in [1.807, 2.05) is 25.3 Å². The number of hydrogen-bond donors (Lipinski definition) is 1. The van der Waals surface area contributed by atoms with E-state index in [4.69, 9.17) is 0 Å². The Morgan fingerprint density at radius 2 is 2.41 bits per heavy atom. The van der Waals surface area contributed by atoms with Gasteiger partial charge in [0.15, 0.2) is 0 Å². The van der Waals surface area contributed by atoms with Crippen LogP contribution < -0.4 is 5.32 Å². The zero-order valence-corrected chi connectivity index (χ0v) is 10.3. The number of rotatable bonds is 4. The number of carbonyl (C=O) groups excluding carboxylic acids is 1. The number of aromatic nitrogens is 2. The van der Waals surface area contributed by atoms with Gasteiger partial charge in [0.2, 0.25) is 0 Å². The van der Waals surface area contributed by atoms with E-state index in [2.05, 4.69) is 14.7 Å². The molecule has 0 saturated heterocycles. The molecule has 0 radical (unpaired) electrons. The second-order valence-electron chi connectivity index (χ2n) is 3.85. The number of hydrogen-bond acceptors (Lipinski definition) is 4. The van der Waals surface area contributed by atoms with Crippen molar-refractivity contribution in [2.24, 2.45) is 0 Å². The molecule has 1 atom stereocenters. The molecule has 0 spiro atoms. The maximum absolute atomic E-state index is 11.7. The lowest BCUT2D eigenvalue weighted by molar-refractivity contribution is 0.0940. The van der Waals surface area contributed by atoms with Crippen LogP contribution in [0.1, 0.15) is 22.8 Å². The van der Waals surface area contributed by atoms with Gasteiger partial charge in [0.25, 0.3) is 5.91 Å². The smallest absolute Gasteiger partial charge is 0.253 e. The monoisotopic (exact) mass is 247 g/mol. The highest BCUT2D eigenvalue weighted by atomic mass is 32.1. The van der Waals surface area contributed by atoms with Crippen LogP contribution in [0.2, 0.25) is 0 Å². The predicted molar refractivity (Wildman–Crippen MR) is 67.0 cm³/mol. The van der Waals surface area contributed by atoms with E-state index in [0.717, 1.165) is 12.0 Å². The van der Waals surface area contributed by atoms with Crippen molar-refractivity contribution in [1.82, 2.24) is 14.7 Å². The topological polar surface area (TPSA) is 54.9 Å². The van der Waals surface area contributed by atoms with Crippen molar-refractivity contribution in [2.75, 3.05) is 0 Å². The Labute approximate surface area is 104 Å². The standard InChI is InChI=1S/C12H13N3OS/c1-9(5-10-3-2-4-13-6-10)15-12(16)11-7-14-17-8-11/h2-4,6-9H,5H2,1H3,(H,15,16). The molecule has 0 aromatic carbocycles. The highest BCUT2D eigenvalue weighted by Gasteiger charge is 2.10. The minimum Gasteiger partial charge on any atom is -0.349 e. The van der Waals surface area contributed by atoms with Crippen LogP contribution in [-0.4, -0.2) is 21.3 Å². The molecule has 2 aromatic heterocycles. The molecular formula is C12H13N3OS. The minimum absolute atomic E-state index is 0.0739. The molecule has 1 unspecified atom stereocenters. The van der Waals surface area contributed by atoms with Crippen molar-refractivity contribution < 1.29 is 4.79 Å². The van der Waals surface area contributed by atoms with Crippen LogP contribution in [0.4, 0.5) is 0 Å². The van der Waals surface area contributed by atoms with Gasteiger partial charge in [-0.2, -0.15) is 0 Å². The van der Waals surface area contributed by atoms with Gasteiger partial charge in [-0.15, -0.1) is 0 Å². The average Bonchev–Trinajstić information content (AvgIpc) is 2.83. The maximum Gasteiger partial charge on any atom is 0.253 e. The summed E-state index contributed by atoms with van der Waals surface area (Å²) in [6.07, 6.45) is 5.91. The summed E-state index contributed by atoms with van der Waals surface area (Å²) in [6.45, 7) is 1.98. The SMILES string of the molecule is CC(Cc1cccnc1)NC(=O)c1cnsc1. The number of carbonyl (C=O) groups is 1. The van der Waals surface area contributed by atoms with Crippen LogP contribution in [0.25, 0.3) is 0 Å². The lowest BCUT2D eigenvalue weighted by Gasteiger charge is -2.12. The van der Waals surface area contributed by atoms with Crippen molar-refractivity contribution in [1.29, 1.82) is 0 Å². The Morgan fingerprint density at radius 3 is 3.06 bits per heavy atom. The molecule has 88 valence electrons. The molecule has 17 heavy (non-hydrogen) atoms. The summed E-state index contributed by atoms with van der Waals surface area (Å²) in [5, 5.41) is 4.67. The molecule has 4 nitrogen and oxygen atoms in total. The third kappa shape index (κ3) is 3.35. The first-order chi connectivity index (χ1) is 8.25. The Morgan fingerprint density at radius 1 is 1.53 bits per heavy atom. The van der Waals surface area contributed by atoms with Crippen LogP contribution in [0.15, 0.2) is 36.1 Å². The lowest BCUT2D eigenvalue weighted by atomic mass is 10.1. The van der Waals surface area contributed by atoms with Gasteiger partial charge < -0.3 is 5.32 Å². The molecule has 2 aromatic rings. The van der Waals surface area contributed by atoms with E-state index in [0.29, 0.717) is 5.56 Å². The first-order valence-corrected chi connectivity index (χ1v) is 6.18. The van der Waals surface area contributed by atoms with Crippen LogP contribution in [0.5, 0.6) is 0 Å². The first kappa shape index (κ1) is 11.7. The molecule has 1 N–H and O–H groups in total. The molecule has 2 rings (SSSR count). The maximum atomic E-state index is 11.7. The fraction of sp³-hybridized carbons (Fsp3) is 0.250. The van der Waals surface area contributed by atoms with E-state index in [-0.39, 0.29) is 11.9 Å². The molecule has 1 amide bonds. The van der Waals surface area contributed by atoms with Crippen molar-refractivity contribution in [3.05, 3.63) is 47.2 Å². The normalized spacial score (nSPS) is 12.1. The van der Waals surface area contributed by atoms with Crippen LogP contribution in [0.3, 0.4) is 0 Å². The fourth-order valence-corrected chi connectivity index (χ4v) is 2.06. The van der Waals surface area contributed by atoms with Gasteiger partial charge in [-0.05, 0) is 36.5 Å². The summed E-state index contributed by atoms with van der Waals surface area (Å²) in [6, 6.07) is 3.97.